The summed E-state index contributed by atoms with van der Waals surface area (Å²) in [6.45, 7) is 2.33. The summed E-state index contributed by atoms with van der Waals surface area (Å²) in [6, 6.07) is 7.58. The second-order valence-electron chi connectivity index (χ2n) is 5.35. The first-order chi connectivity index (χ1) is 9.86. The van der Waals surface area contributed by atoms with Gasteiger partial charge >= 0.3 is 0 Å². The van der Waals surface area contributed by atoms with Gasteiger partial charge in [0.25, 0.3) is 0 Å². The SMILES string of the molecule is CCNS(=O)(=O)[C@H]1CON(C)[C@@H]1c1ccc(N(C)C)cc1. The predicted octanol–water partition coefficient (Wildman–Crippen LogP) is 0.979. The Bertz CT molecular complexity index is 572. The second-order valence-corrected chi connectivity index (χ2v) is 7.34. The van der Waals surface area contributed by atoms with Crippen molar-refractivity contribution in [2.24, 2.45) is 0 Å². The highest BCUT2D eigenvalue weighted by Crippen LogP contribution is 2.33. The van der Waals surface area contributed by atoms with Crippen LogP contribution in [0.4, 0.5) is 5.69 Å². The number of benzene rings is 1. The number of hydrogen-bond acceptors (Lipinski definition) is 5. The monoisotopic (exact) mass is 313 g/mol. The van der Waals surface area contributed by atoms with E-state index in [0.29, 0.717) is 6.54 Å². The summed E-state index contributed by atoms with van der Waals surface area (Å²) in [5.74, 6) is 0. The van der Waals surface area contributed by atoms with Crippen molar-refractivity contribution < 1.29 is 13.3 Å². The largest absolute Gasteiger partial charge is 0.378 e. The van der Waals surface area contributed by atoms with E-state index in [0.717, 1.165) is 11.3 Å². The fourth-order valence-electron chi connectivity index (χ4n) is 2.56. The zero-order chi connectivity index (χ0) is 15.6. The van der Waals surface area contributed by atoms with Gasteiger partial charge in [0.15, 0.2) is 0 Å². The summed E-state index contributed by atoms with van der Waals surface area (Å²) >= 11 is 0. The molecule has 21 heavy (non-hydrogen) atoms. The van der Waals surface area contributed by atoms with Crippen LogP contribution in [0.1, 0.15) is 18.5 Å². The Balaban J connectivity index is 2.30. The minimum Gasteiger partial charge on any atom is -0.378 e. The van der Waals surface area contributed by atoms with Gasteiger partial charge in [-0.2, -0.15) is 5.06 Å². The molecule has 6 nitrogen and oxygen atoms in total. The predicted molar refractivity (Wildman–Crippen MR) is 83.6 cm³/mol. The number of nitrogens with zero attached hydrogens (tertiary/aromatic N) is 2. The molecule has 0 aliphatic carbocycles. The third-order valence-corrected chi connectivity index (χ3v) is 5.56. The van der Waals surface area contributed by atoms with E-state index in [2.05, 4.69) is 4.72 Å². The smallest absolute Gasteiger partial charge is 0.218 e. The summed E-state index contributed by atoms with van der Waals surface area (Å²) in [6.07, 6.45) is 0. The number of nitrogens with one attached hydrogen (secondary N) is 1. The lowest BCUT2D eigenvalue weighted by atomic mass is 10.0. The van der Waals surface area contributed by atoms with Gasteiger partial charge in [-0.15, -0.1) is 0 Å². The first-order valence-corrected chi connectivity index (χ1v) is 8.53. The number of hydrogen-bond donors (Lipinski definition) is 1. The van der Waals surface area contributed by atoms with Gasteiger partial charge in [0, 0.05) is 33.4 Å². The molecule has 118 valence electrons. The first kappa shape index (κ1) is 16.2. The maximum Gasteiger partial charge on any atom is 0.218 e. The molecule has 0 bridgehead atoms. The molecule has 0 amide bonds. The van der Waals surface area contributed by atoms with Gasteiger partial charge in [-0.3, -0.25) is 4.84 Å². The molecule has 1 aromatic rings. The maximum atomic E-state index is 12.3. The number of hydroxylamine groups is 2. The van der Waals surface area contributed by atoms with Crippen molar-refractivity contribution in [2.75, 3.05) is 39.2 Å². The molecule has 7 heteroatoms. The standard InChI is InChI=1S/C14H23N3O3S/c1-5-15-21(18,19)13-10-20-17(4)14(13)11-6-8-12(9-7-11)16(2)3/h6-9,13-15H,5,10H2,1-4H3/t13-,14+/m0/s1. The van der Waals surface area contributed by atoms with Gasteiger partial charge in [-0.1, -0.05) is 19.1 Å². The van der Waals surface area contributed by atoms with E-state index in [-0.39, 0.29) is 12.6 Å². The van der Waals surface area contributed by atoms with Crippen molar-refractivity contribution in [3.8, 4) is 0 Å². The van der Waals surface area contributed by atoms with Gasteiger partial charge < -0.3 is 4.90 Å². The molecule has 1 aromatic carbocycles. The molecule has 0 radical (unpaired) electrons. The van der Waals surface area contributed by atoms with E-state index in [1.165, 1.54) is 0 Å². The number of anilines is 1. The van der Waals surface area contributed by atoms with Crippen molar-refractivity contribution in [1.82, 2.24) is 9.79 Å². The molecule has 2 rings (SSSR count). The second kappa shape index (κ2) is 6.31. The van der Waals surface area contributed by atoms with Gasteiger partial charge in [0.1, 0.15) is 5.25 Å². The van der Waals surface area contributed by atoms with Crippen molar-refractivity contribution in [3.05, 3.63) is 29.8 Å². The zero-order valence-electron chi connectivity index (χ0n) is 12.9. The molecule has 0 saturated carbocycles. The molecule has 2 atom stereocenters. The first-order valence-electron chi connectivity index (χ1n) is 6.98. The molecule has 1 aliphatic heterocycles. The average Bonchev–Trinajstić information content (AvgIpc) is 2.81. The molecule has 1 aliphatic rings. The Morgan fingerprint density at radius 3 is 2.48 bits per heavy atom. The van der Waals surface area contributed by atoms with Gasteiger partial charge in [0.2, 0.25) is 10.0 Å². The van der Waals surface area contributed by atoms with Crippen LogP contribution in [0.5, 0.6) is 0 Å². The number of sulfonamides is 1. The Labute approximate surface area is 126 Å². The molecular formula is C14H23N3O3S. The fraction of sp³-hybridized carbons (Fsp3) is 0.571. The lowest BCUT2D eigenvalue weighted by Crippen LogP contribution is -2.39. The molecule has 1 saturated heterocycles. The van der Waals surface area contributed by atoms with Crippen LogP contribution in [0.25, 0.3) is 0 Å². The lowest BCUT2D eigenvalue weighted by molar-refractivity contribution is -0.110. The van der Waals surface area contributed by atoms with E-state index in [9.17, 15) is 8.42 Å². The van der Waals surface area contributed by atoms with Crippen LogP contribution in [0.15, 0.2) is 24.3 Å². The van der Waals surface area contributed by atoms with Crippen LogP contribution in [0.2, 0.25) is 0 Å². The van der Waals surface area contributed by atoms with Crippen LogP contribution >= 0.6 is 0 Å². The third-order valence-electron chi connectivity index (χ3n) is 3.68. The molecule has 0 aromatic heterocycles. The Hall–Kier alpha value is -1.15. The molecule has 0 spiro atoms. The maximum absolute atomic E-state index is 12.3. The quantitative estimate of drug-likeness (QED) is 0.878. The summed E-state index contributed by atoms with van der Waals surface area (Å²) < 4.78 is 27.2. The Morgan fingerprint density at radius 2 is 1.95 bits per heavy atom. The van der Waals surface area contributed by atoms with Crippen LogP contribution in [-0.4, -0.2) is 53.0 Å². The molecule has 1 N–H and O–H groups in total. The van der Waals surface area contributed by atoms with Crippen LogP contribution < -0.4 is 9.62 Å². The fourth-order valence-corrected chi connectivity index (χ4v) is 4.08. The van der Waals surface area contributed by atoms with E-state index < -0.39 is 15.3 Å². The summed E-state index contributed by atoms with van der Waals surface area (Å²) in [4.78, 5) is 7.45. The number of rotatable bonds is 5. The Kier molecular flexibility index (Phi) is 4.88. The van der Waals surface area contributed by atoms with Crippen molar-refractivity contribution in [1.29, 1.82) is 0 Å². The highest BCUT2D eigenvalue weighted by molar-refractivity contribution is 7.90. The summed E-state index contributed by atoms with van der Waals surface area (Å²) in [5, 5.41) is 1.03. The topological polar surface area (TPSA) is 61.9 Å². The normalized spacial score (nSPS) is 23.4. The highest BCUT2D eigenvalue weighted by Gasteiger charge is 2.42. The zero-order valence-corrected chi connectivity index (χ0v) is 13.7. The molecular weight excluding hydrogens is 290 g/mol. The van der Waals surface area contributed by atoms with Crippen molar-refractivity contribution in [3.63, 3.8) is 0 Å². The third kappa shape index (κ3) is 3.37. The van der Waals surface area contributed by atoms with Gasteiger partial charge in [-0.05, 0) is 17.7 Å². The van der Waals surface area contributed by atoms with E-state index >= 15 is 0 Å². The van der Waals surface area contributed by atoms with Crippen molar-refractivity contribution in [2.45, 2.75) is 18.2 Å². The minimum atomic E-state index is -3.39. The van der Waals surface area contributed by atoms with E-state index in [4.69, 9.17) is 4.84 Å². The lowest BCUT2D eigenvalue weighted by Gasteiger charge is -2.23. The minimum absolute atomic E-state index is 0.173. The highest BCUT2D eigenvalue weighted by atomic mass is 32.2. The van der Waals surface area contributed by atoms with Crippen LogP contribution in [-0.2, 0) is 14.9 Å². The van der Waals surface area contributed by atoms with Crippen LogP contribution in [0, 0.1) is 0 Å². The molecule has 1 heterocycles. The molecule has 1 fully saturated rings. The van der Waals surface area contributed by atoms with Gasteiger partial charge in [0.05, 0.1) is 12.6 Å². The summed E-state index contributed by atoms with van der Waals surface area (Å²) in [7, 11) is 2.32. The summed E-state index contributed by atoms with van der Waals surface area (Å²) in [5.41, 5.74) is 2.01. The molecule has 0 unspecified atom stereocenters. The Morgan fingerprint density at radius 1 is 1.33 bits per heavy atom. The van der Waals surface area contributed by atoms with Crippen LogP contribution in [0.3, 0.4) is 0 Å². The van der Waals surface area contributed by atoms with Gasteiger partial charge in [-0.25, -0.2) is 13.1 Å². The average molecular weight is 313 g/mol. The van der Waals surface area contributed by atoms with E-state index in [1.807, 2.05) is 43.3 Å². The van der Waals surface area contributed by atoms with E-state index in [1.54, 1.807) is 19.0 Å². The van der Waals surface area contributed by atoms with Crippen molar-refractivity contribution >= 4 is 15.7 Å².